The molecule has 2 aromatic carbocycles. The number of hydrogen-bond acceptors (Lipinski definition) is 3. The average Bonchev–Trinajstić information content (AvgIpc) is 2.67. The van der Waals surface area contributed by atoms with Gasteiger partial charge in [0.2, 0.25) is 10.0 Å². The first-order valence-corrected chi connectivity index (χ1v) is 10.4. The Kier molecular flexibility index (Phi) is 5.76. The van der Waals surface area contributed by atoms with E-state index in [1.807, 2.05) is 30.3 Å². The molecule has 1 N–H and O–H groups in total. The zero-order chi connectivity index (χ0) is 17.7. The van der Waals surface area contributed by atoms with Gasteiger partial charge in [-0.05, 0) is 49.1 Å². The van der Waals surface area contributed by atoms with Crippen LogP contribution in [-0.4, -0.2) is 25.3 Å². The molecule has 0 bridgehead atoms. The van der Waals surface area contributed by atoms with Crippen molar-refractivity contribution in [3.63, 3.8) is 0 Å². The van der Waals surface area contributed by atoms with Crippen LogP contribution in [0.15, 0.2) is 59.5 Å². The molecular formula is C20H26N2O2S. The van der Waals surface area contributed by atoms with Gasteiger partial charge in [-0.2, -0.15) is 4.31 Å². The van der Waals surface area contributed by atoms with E-state index in [1.54, 1.807) is 16.4 Å². The molecule has 0 saturated carbocycles. The van der Waals surface area contributed by atoms with Crippen molar-refractivity contribution in [1.29, 1.82) is 0 Å². The molecule has 134 valence electrons. The van der Waals surface area contributed by atoms with Crippen LogP contribution in [0.2, 0.25) is 0 Å². The van der Waals surface area contributed by atoms with E-state index >= 15 is 0 Å². The number of rotatable bonds is 6. The lowest BCUT2D eigenvalue weighted by atomic mass is 10.0. The summed E-state index contributed by atoms with van der Waals surface area (Å²) < 4.78 is 27.6. The molecule has 1 heterocycles. The molecule has 25 heavy (non-hydrogen) atoms. The highest BCUT2D eigenvalue weighted by atomic mass is 32.2. The van der Waals surface area contributed by atoms with Crippen molar-refractivity contribution < 1.29 is 8.42 Å². The topological polar surface area (TPSA) is 49.4 Å². The number of hydrogen-bond donors (Lipinski definition) is 1. The second kappa shape index (κ2) is 8.02. The first-order chi connectivity index (χ1) is 12.1. The number of nitrogens with zero attached hydrogens (tertiary/aromatic N) is 1. The minimum atomic E-state index is -3.40. The number of piperidine rings is 1. The number of benzene rings is 2. The molecule has 2 aromatic rings. The minimum Gasteiger partial charge on any atom is -0.381 e. The van der Waals surface area contributed by atoms with Crippen molar-refractivity contribution in [2.45, 2.75) is 50.1 Å². The number of anilines is 1. The third-order valence-corrected chi connectivity index (χ3v) is 6.81. The van der Waals surface area contributed by atoms with Crippen LogP contribution < -0.4 is 5.32 Å². The average molecular weight is 359 g/mol. The Hall–Kier alpha value is -1.85. The minimum absolute atomic E-state index is 0.134. The van der Waals surface area contributed by atoms with Crippen molar-refractivity contribution in [3.05, 3.63) is 60.2 Å². The summed E-state index contributed by atoms with van der Waals surface area (Å²) in [6.45, 7) is 3.42. The van der Waals surface area contributed by atoms with Gasteiger partial charge in [-0.3, -0.25) is 0 Å². The predicted molar refractivity (Wildman–Crippen MR) is 102 cm³/mol. The van der Waals surface area contributed by atoms with E-state index in [0.29, 0.717) is 11.4 Å². The highest BCUT2D eigenvalue weighted by Gasteiger charge is 2.32. The maximum Gasteiger partial charge on any atom is 0.243 e. The lowest BCUT2D eigenvalue weighted by Gasteiger charge is -2.34. The molecule has 1 aliphatic heterocycles. The Morgan fingerprint density at radius 3 is 2.44 bits per heavy atom. The molecule has 0 aliphatic carbocycles. The summed E-state index contributed by atoms with van der Waals surface area (Å²) in [5, 5.41) is 3.33. The second-order valence-electron chi connectivity index (χ2n) is 6.54. The number of sulfonamides is 1. The van der Waals surface area contributed by atoms with E-state index in [4.69, 9.17) is 0 Å². The summed E-state index contributed by atoms with van der Waals surface area (Å²) in [7, 11) is -3.40. The van der Waals surface area contributed by atoms with Gasteiger partial charge in [0.05, 0.1) is 4.90 Å². The Balaban J connectivity index is 1.70. The zero-order valence-corrected chi connectivity index (χ0v) is 15.5. The van der Waals surface area contributed by atoms with Crippen LogP contribution in [0.5, 0.6) is 0 Å². The SMILES string of the molecule is CCC1CCCCN1S(=O)(=O)c1ccc(NCc2ccccc2)cc1. The molecule has 0 aromatic heterocycles. The molecule has 1 saturated heterocycles. The van der Waals surface area contributed by atoms with E-state index in [2.05, 4.69) is 24.4 Å². The van der Waals surface area contributed by atoms with Gasteiger partial charge in [0, 0.05) is 24.8 Å². The molecule has 0 spiro atoms. The first-order valence-electron chi connectivity index (χ1n) is 9.01. The molecule has 1 aliphatic rings. The van der Waals surface area contributed by atoms with E-state index < -0.39 is 10.0 Å². The zero-order valence-electron chi connectivity index (χ0n) is 14.7. The molecule has 0 amide bonds. The highest BCUT2D eigenvalue weighted by molar-refractivity contribution is 7.89. The smallest absolute Gasteiger partial charge is 0.243 e. The Labute approximate surface area is 150 Å². The molecule has 5 heteroatoms. The van der Waals surface area contributed by atoms with Gasteiger partial charge in [-0.15, -0.1) is 0 Å². The standard InChI is InChI=1S/C20H26N2O2S/c1-2-19-10-6-7-15-22(19)25(23,24)20-13-11-18(12-14-20)21-16-17-8-4-3-5-9-17/h3-5,8-9,11-14,19,21H,2,6-7,10,15-16H2,1H3. The fraction of sp³-hybridized carbons (Fsp3) is 0.400. The molecule has 3 rings (SSSR count). The third kappa shape index (κ3) is 4.22. The largest absolute Gasteiger partial charge is 0.381 e. The lowest BCUT2D eigenvalue weighted by Crippen LogP contribution is -2.43. The third-order valence-electron chi connectivity index (χ3n) is 4.84. The second-order valence-corrected chi connectivity index (χ2v) is 8.43. The molecule has 1 unspecified atom stereocenters. The van der Waals surface area contributed by atoms with Crippen molar-refractivity contribution >= 4 is 15.7 Å². The van der Waals surface area contributed by atoms with E-state index in [-0.39, 0.29) is 6.04 Å². The summed E-state index contributed by atoms with van der Waals surface area (Å²) in [4.78, 5) is 0.387. The fourth-order valence-corrected chi connectivity index (χ4v) is 5.15. The van der Waals surface area contributed by atoms with Crippen LogP contribution >= 0.6 is 0 Å². The Bertz CT molecular complexity index is 773. The molecular weight excluding hydrogens is 332 g/mol. The molecule has 1 atom stereocenters. The van der Waals surface area contributed by atoms with Gasteiger partial charge < -0.3 is 5.32 Å². The summed E-state index contributed by atoms with van der Waals surface area (Å²) in [6.07, 6.45) is 3.90. The first kappa shape index (κ1) is 18.0. The van der Waals surface area contributed by atoms with Crippen molar-refractivity contribution in [1.82, 2.24) is 4.31 Å². The monoisotopic (exact) mass is 358 g/mol. The van der Waals surface area contributed by atoms with Crippen LogP contribution in [0.3, 0.4) is 0 Å². The molecule has 4 nitrogen and oxygen atoms in total. The summed E-state index contributed by atoms with van der Waals surface area (Å²) >= 11 is 0. The van der Waals surface area contributed by atoms with Crippen LogP contribution in [0.25, 0.3) is 0 Å². The maximum atomic E-state index is 13.0. The van der Waals surface area contributed by atoms with Crippen LogP contribution in [0.1, 0.15) is 38.2 Å². The van der Waals surface area contributed by atoms with E-state index in [0.717, 1.165) is 37.9 Å². The summed E-state index contributed by atoms with van der Waals surface area (Å²) in [6, 6.07) is 17.4. The van der Waals surface area contributed by atoms with E-state index in [1.165, 1.54) is 5.56 Å². The van der Waals surface area contributed by atoms with E-state index in [9.17, 15) is 8.42 Å². The molecule has 1 fully saturated rings. The highest BCUT2D eigenvalue weighted by Crippen LogP contribution is 2.27. The normalized spacial score (nSPS) is 18.8. The van der Waals surface area contributed by atoms with Crippen molar-refractivity contribution in [3.8, 4) is 0 Å². The number of nitrogens with one attached hydrogen (secondary N) is 1. The van der Waals surface area contributed by atoms with Crippen molar-refractivity contribution in [2.75, 3.05) is 11.9 Å². The van der Waals surface area contributed by atoms with Gasteiger partial charge >= 0.3 is 0 Å². The van der Waals surface area contributed by atoms with Gasteiger partial charge in [-0.1, -0.05) is 43.7 Å². The van der Waals surface area contributed by atoms with Crippen LogP contribution in [0, 0.1) is 0 Å². The fourth-order valence-electron chi connectivity index (χ4n) is 3.38. The van der Waals surface area contributed by atoms with Crippen LogP contribution in [0.4, 0.5) is 5.69 Å². The molecule has 0 radical (unpaired) electrons. The quantitative estimate of drug-likeness (QED) is 0.840. The lowest BCUT2D eigenvalue weighted by molar-refractivity contribution is 0.246. The Morgan fingerprint density at radius 2 is 1.76 bits per heavy atom. The van der Waals surface area contributed by atoms with Gasteiger partial charge in [-0.25, -0.2) is 8.42 Å². The van der Waals surface area contributed by atoms with Gasteiger partial charge in [0.15, 0.2) is 0 Å². The Morgan fingerprint density at radius 1 is 1.04 bits per heavy atom. The van der Waals surface area contributed by atoms with Crippen LogP contribution in [-0.2, 0) is 16.6 Å². The summed E-state index contributed by atoms with van der Waals surface area (Å²) in [5.41, 5.74) is 2.12. The van der Waals surface area contributed by atoms with Gasteiger partial charge in [0.1, 0.15) is 0 Å². The van der Waals surface area contributed by atoms with Gasteiger partial charge in [0.25, 0.3) is 0 Å². The summed E-state index contributed by atoms with van der Waals surface area (Å²) in [5.74, 6) is 0. The predicted octanol–water partition coefficient (Wildman–Crippen LogP) is 4.25. The maximum absolute atomic E-state index is 13.0. The van der Waals surface area contributed by atoms with Crippen molar-refractivity contribution in [2.24, 2.45) is 0 Å².